The second-order valence-electron chi connectivity index (χ2n) is 13.0. The molecule has 4 fully saturated rings. The molecule has 206 valence electrons. The Morgan fingerprint density at radius 2 is 1.95 bits per heavy atom. The normalized spacial score (nSPS) is 36.7. The average Bonchev–Trinajstić information content (AvgIpc) is 3.55. The number of esters is 1. The van der Waals surface area contributed by atoms with Crippen molar-refractivity contribution in [3.63, 3.8) is 0 Å². The molecule has 0 amide bonds. The van der Waals surface area contributed by atoms with Gasteiger partial charge in [0.25, 0.3) is 0 Å². The van der Waals surface area contributed by atoms with E-state index in [0.717, 1.165) is 36.8 Å². The van der Waals surface area contributed by atoms with Crippen LogP contribution in [-0.2, 0) is 9.53 Å². The third kappa shape index (κ3) is 5.55. The van der Waals surface area contributed by atoms with Crippen molar-refractivity contribution >= 4 is 5.97 Å². The van der Waals surface area contributed by atoms with Crippen LogP contribution in [0, 0.1) is 28.1 Å². The zero-order valence-corrected chi connectivity index (χ0v) is 23.3. The molecule has 0 aromatic heterocycles. The lowest BCUT2D eigenvalue weighted by Crippen LogP contribution is -2.38. The van der Waals surface area contributed by atoms with E-state index in [1.165, 1.54) is 31.3 Å². The molecular weight excluding hydrogens is 464 g/mol. The summed E-state index contributed by atoms with van der Waals surface area (Å²) in [5, 5.41) is 31.3. The second kappa shape index (κ2) is 10.8. The molecule has 4 saturated carbocycles. The highest BCUT2D eigenvalue weighted by Crippen LogP contribution is 2.69. The Labute approximate surface area is 223 Å². The van der Waals surface area contributed by atoms with Crippen LogP contribution >= 0.6 is 0 Å². The lowest BCUT2D eigenvalue weighted by atomic mass is 9.60. The van der Waals surface area contributed by atoms with Crippen LogP contribution in [0.4, 0.5) is 0 Å². The molecule has 4 aliphatic carbocycles. The minimum absolute atomic E-state index is 0.112. The van der Waals surface area contributed by atoms with Gasteiger partial charge in [-0.25, -0.2) is 0 Å². The SMILES string of the molecule is C=C1C(=CC=C2CCC[C@]3(C)[C@@H](C4(C=C[C@H](O)C(C)(C)C(=O)OCCC)CC4)CC[C@@H]23)C[C@@H](O)C[C@@H]1O. The third-order valence-electron chi connectivity index (χ3n) is 10.1. The lowest BCUT2D eigenvalue weighted by Gasteiger charge is -2.45. The molecule has 0 radical (unpaired) electrons. The molecule has 0 aromatic carbocycles. The quantitative estimate of drug-likeness (QED) is 0.282. The minimum Gasteiger partial charge on any atom is -0.465 e. The van der Waals surface area contributed by atoms with Gasteiger partial charge in [-0.15, -0.1) is 0 Å². The molecule has 0 spiro atoms. The summed E-state index contributed by atoms with van der Waals surface area (Å²) in [5.41, 5.74) is 2.56. The van der Waals surface area contributed by atoms with Crippen molar-refractivity contribution in [3.8, 4) is 0 Å². The number of fused-ring (bicyclic) bond motifs is 1. The Morgan fingerprint density at radius 1 is 1.22 bits per heavy atom. The maximum absolute atomic E-state index is 12.5. The van der Waals surface area contributed by atoms with Gasteiger partial charge in [-0.05, 0) is 105 Å². The summed E-state index contributed by atoms with van der Waals surface area (Å²) in [6.07, 6.45) is 16.3. The zero-order chi connectivity index (χ0) is 27.0. The summed E-state index contributed by atoms with van der Waals surface area (Å²) in [5.74, 6) is 0.750. The fourth-order valence-corrected chi connectivity index (χ4v) is 7.45. The summed E-state index contributed by atoms with van der Waals surface area (Å²) < 4.78 is 5.33. The first-order valence-corrected chi connectivity index (χ1v) is 14.4. The van der Waals surface area contributed by atoms with Crippen LogP contribution in [0.15, 0.2) is 47.6 Å². The summed E-state index contributed by atoms with van der Waals surface area (Å²) in [7, 11) is 0. The van der Waals surface area contributed by atoms with Gasteiger partial charge in [-0.3, -0.25) is 4.79 Å². The molecule has 0 heterocycles. The average molecular weight is 513 g/mol. The van der Waals surface area contributed by atoms with Crippen LogP contribution in [0.1, 0.15) is 91.9 Å². The number of allylic oxidation sites excluding steroid dienone is 4. The molecule has 5 heteroatoms. The highest BCUT2D eigenvalue weighted by atomic mass is 16.5. The standard InChI is InChI=1S/C32H48O5/c1-6-18-37-29(36)30(3,4)28(35)13-15-32(16-17-32)27-12-11-25-22(8-7-14-31(25,27)5)9-10-23-19-24(33)20-26(34)21(23)2/h9-10,13,15,24-28,33-35H,2,6-8,11-12,14,16-20H2,1,3-5H3/t24-,25+,26+,27+,28+,31+/m1/s1. The van der Waals surface area contributed by atoms with Gasteiger partial charge >= 0.3 is 5.97 Å². The first-order valence-electron chi connectivity index (χ1n) is 14.4. The van der Waals surface area contributed by atoms with Gasteiger partial charge in [0.1, 0.15) is 0 Å². The summed E-state index contributed by atoms with van der Waals surface area (Å²) in [4.78, 5) is 12.5. The van der Waals surface area contributed by atoms with Gasteiger partial charge in [0, 0.05) is 6.42 Å². The molecule has 4 rings (SSSR count). The first-order chi connectivity index (χ1) is 17.4. The van der Waals surface area contributed by atoms with E-state index >= 15 is 0 Å². The van der Waals surface area contributed by atoms with Gasteiger partial charge < -0.3 is 20.1 Å². The van der Waals surface area contributed by atoms with Gasteiger partial charge in [-0.1, -0.05) is 50.3 Å². The van der Waals surface area contributed by atoms with E-state index in [2.05, 4.69) is 31.7 Å². The molecular formula is C32H48O5. The Bertz CT molecular complexity index is 968. The van der Waals surface area contributed by atoms with Crippen molar-refractivity contribution in [2.75, 3.05) is 6.61 Å². The topological polar surface area (TPSA) is 87.0 Å². The number of hydrogen-bond acceptors (Lipinski definition) is 5. The number of hydrogen-bond donors (Lipinski definition) is 3. The molecule has 4 aliphatic rings. The van der Waals surface area contributed by atoms with Gasteiger partial charge in [0.2, 0.25) is 0 Å². The van der Waals surface area contributed by atoms with Gasteiger partial charge in [0.05, 0.1) is 30.3 Å². The Morgan fingerprint density at radius 3 is 2.62 bits per heavy atom. The van der Waals surface area contributed by atoms with Crippen LogP contribution < -0.4 is 0 Å². The molecule has 5 nitrogen and oxygen atoms in total. The highest BCUT2D eigenvalue weighted by molar-refractivity contribution is 5.77. The Hall–Kier alpha value is -1.69. The third-order valence-corrected chi connectivity index (χ3v) is 10.1. The number of aliphatic hydroxyl groups excluding tert-OH is 3. The second-order valence-corrected chi connectivity index (χ2v) is 13.0. The van der Waals surface area contributed by atoms with E-state index in [0.29, 0.717) is 31.3 Å². The fourth-order valence-electron chi connectivity index (χ4n) is 7.45. The molecule has 0 bridgehead atoms. The number of carbonyl (C=O) groups is 1. The monoisotopic (exact) mass is 512 g/mol. The van der Waals surface area contributed by atoms with Crippen molar-refractivity contribution in [1.29, 1.82) is 0 Å². The zero-order valence-electron chi connectivity index (χ0n) is 23.3. The molecule has 3 N–H and O–H groups in total. The van der Waals surface area contributed by atoms with E-state index < -0.39 is 23.7 Å². The molecule has 0 saturated heterocycles. The maximum Gasteiger partial charge on any atom is 0.314 e. The highest BCUT2D eigenvalue weighted by Gasteiger charge is 2.60. The van der Waals surface area contributed by atoms with E-state index in [1.807, 2.05) is 13.0 Å². The smallest absolute Gasteiger partial charge is 0.314 e. The van der Waals surface area contributed by atoms with Crippen LogP contribution in [-0.4, -0.2) is 46.2 Å². The first kappa shape index (κ1) is 28.3. The van der Waals surface area contributed by atoms with Crippen LogP contribution in [0.3, 0.4) is 0 Å². The van der Waals surface area contributed by atoms with Crippen molar-refractivity contribution in [1.82, 2.24) is 0 Å². The van der Waals surface area contributed by atoms with Crippen LogP contribution in [0.25, 0.3) is 0 Å². The van der Waals surface area contributed by atoms with E-state index in [4.69, 9.17) is 4.74 Å². The molecule has 37 heavy (non-hydrogen) atoms. The van der Waals surface area contributed by atoms with Crippen molar-refractivity contribution < 1.29 is 24.9 Å². The number of aliphatic hydroxyl groups is 3. The Kier molecular flexibility index (Phi) is 8.28. The van der Waals surface area contributed by atoms with Crippen molar-refractivity contribution in [2.24, 2.45) is 28.1 Å². The number of rotatable bonds is 8. The van der Waals surface area contributed by atoms with Crippen molar-refractivity contribution in [3.05, 3.63) is 47.6 Å². The van der Waals surface area contributed by atoms with E-state index in [-0.39, 0.29) is 16.8 Å². The summed E-state index contributed by atoms with van der Waals surface area (Å²) in [6.45, 7) is 12.4. The number of ether oxygens (including phenoxy) is 1. The molecule has 0 unspecified atom stereocenters. The lowest BCUT2D eigenvalue weighted by molar-refractivity contribution is -0.158. The van der Waals surface area contributed by atoms with Crippen LogP contribution in [0.2, 0.25) is 0 Å². The van der Waals surface area contributed by atoms with Crippen molar-refractivity contribution in [2.45, 2.75) is 110 Å². The fraction of sp³-hybridized carbons (Fsp3) is 0.719. The van der Waals surface area contributed by atoms with Gasteiger partial charge in [0.15, 0.2) is 0 Å². The Balaban J connectivity index is 1.49. The van der Waals surface area contributed by atoms with E-state index in [9.17, 15) is 20.1 Å². The predicted molar refractivity (Wildman–Crippen MR) is 147 cm³/mol. The van der Waals surface area contributed by atoms with Crippen LogP contribution in [0.5, 0.6) is 0 Å². The van der Waals surface area contributed by atoms with E-state index in [1.54, 1.807) is 13.8 Å². The summed E-state index contributed by atoms with van der Waals surface area (Å²) in [6, 6.07) is 0. The molecule has 6 atom stereocenters. The predicted octanol–water partition coefficient (Wildman–Crippen LogP) is 5.80. The maximum atomic E-state index is 12.5. The number of carbonyl (C=O) groups excluding carboxylic acids is 1. The van der Waals surface area contributed by atoms with Gasteiger partial charge in [-0.2, -0.15) is 0 Å². The summed E-state index contributed by atoms with van der Waals surface area (Å²) >= 11 is 0. The molecule has 0 aromatic rings. The minimum atomic E-state index is -0.970. The largest absolute Gasteiger partial charge is 0.465 e. The molecule has 0 aliphatic heterocycles.